The molecule has 2 nitrogen and oxygen atoms in total. The van der Waals surface area contributed by atoms with Gasteiger partial charge in [-0.1, -0.05) is 58.8 Å². The first-order chi connectivity index (χ1) is 8.73. The molecule has 0 aromatic carbocycles. The van der Waals surface area contributed by atoms with E-state index in [2.05, 4.69) is 37.1 Å². The number of hydrazone groups is 1. The van der Waals surface area contributed by atoms with Crippen LogP contribution >= 0.6 is 0 Å². The zero-order chi connectivity index (χ0) is 13.3. The second-order valence-electron chi connectivity index (χ2n) is 5.97. The molecule has 0 fully saturated rings. The second-order valence-corrected chi connectivity index (χ2v) is 5.97. The number of nitrogens with zero attached hydrogens (tertiary/aromatic N) is 2. The highest BCUT2D eigenvalue weighted by molar-refractivity contribution is 5.58. The maximum atomic E-state index is 4.59. The van der Waals surface area contributed by atoms with Crippen molar-refractivity contribution in [3.63, 3.8) is 0 Å². The largest absolute Gasteiger partial charge is 0.291 e. The Labute approximate surface area is 114 Å². The molecule has 1 atom stereocenters. The monoisotopic (exact) mass is 252 g/mol. The van der Waals surface area contributed by atoms with Crippen LogP contribution in [0.3, 0.4) is 0 Å². The van der Waals surface area contributed by atoms with Gasteiger partial charge in [0.2, 0.25) is 0 Å². The van der Waals surface area contributed by atoms with Crippen LogP contribution in [0, 0.1) is 0 Å². The van der Waals surface area contributed by atoms with Crippen LogP contribution in [-0.4, -0.2) is 23.3 Å². The van der Waals surface area contributed by atoms with Gasteiger partial charge in [-0.25, -0.2) is 0 Å². The van der Waals surface area contributed by atoms with Gasteiger partial charge in [0.25, 0.3) is 0 Å². The summed E-state index contributed by atoms with van der Waals surface area (Å²) in [6.45, 7) is 8.13. The first-order valence-electron chi connectivity index (χ1n) is 8.03. The quantitative estimate of drug-likeness (QED) is 0.500. The summed E-state index contributed by atoms with van der Waals surface area (Å²) in [6.07, 6.45) is 15.3. The van der Waals surface area contributed by atoms with Gasteiger partial charge >= 0.3 is 0 Å². The van der Waals surface area contributed by atoms with Gasteiger partial charge < -0.3 is 0 Å². The molecule has 0 amide bonds. The topological polar surface area (TPSA) is 15.6 Å². The van der Waals surface area contributed by atoms with Crippen LogP contribution in [0.5, 0.6) is 0 Å². The first kappa shape index (κ1) is 15.5. The van der Waals surface area contributed by atoms with E-state index < -0.39 is 0 Å². The molecule has 1 rings (SSSR count). The molecular formula is C16H32N2. The van der Waals surface area contributed by atoms with Crippen LogP contribution in [0.25, 0.3) is 0 Å². The Kier molecular flexibility index (Phi) is 7.38. The molecule has 0 saturated carbocycles. The summed E-state index contributed by atoms with van der Waals surface area (Å²) < 4.78 is 0. The Hall–Kier alpha value is -0.530. The van der Waals surface area contributed by atoms with Gasteiger partial charge in [0.05, 0.1) is 5.54 Å². The van der Waals surface area contributed by atoms with E-state index in [1.165, 1.54) is 57.8 Å². The molecule has 0 bridgehead atoms. The minimum Gasteiger partial charge on any atom is -0.291 e. The lowest BCUT2D eigenvalue weighted by molar-refractivity contribution is 0.0964. The van der Waals surface area contributed by atoms with Gasteiger partial charge in [-0.05, 0) is 19.8 Å². The summed E-state index contributed by atoms with van der Waals surface area (Å²) in [7, 11) is 0. The standard InChI is InChI=1S/C16H32N2/c1-4-6-8-10-13-16(3,12-9-7-5-2)18-15-11-14-17-18/h14H,4-13,15H2,1-3H3. The van der Waals surface area contributed by atoms with Crippen molar-refractivity contribution in [3.05, 3.63) is 0 Å². The molecule has 1 unspecified atom stereocenters. The Bertz CT molecular complexity index is 237. The van der Waals surface area contributed by atoms with Crippen molar-refractivity contribution in [1.29, 1.82) is 0 Å². The normalized spacial score (nSPS) is 18.3. The molecule has 0 spiro atoms. The zero-order valence-corrected chi connectivity index (χ0v) is 12.7. The summed E-state index contributed by atoms with van der Waals surface area (Å²) in [5, 5.41) is 6.96. The maximum Gasteiger partial charge on any atom is 0.0551 e. The summed E-state index contributed by atoms with van der Waals surface area (Å²) in [5.74, 6) is 0. The molecular weight excluding hydrogens is 220 g/mol. The SMILES string of the molecule is CCCCCCC(C)(CCCCC)N1CCC=N1. The molecule has 1 aliphatic rings. The van der Waals surface area contributed by atoms with Gasteiger partial charge in [0.15, 0.2) is 0 Å². The van der Waals surface area contributed by atoms with Crippen LogP contribution in [0.1, 0.15) is 85.0 Å². The summed E-state index contributed by atoms with van der Waals surface area (Å²) in [6, 6.07) is 0. The van der Waals surface area contributed by atoms with E-state index in [0.717, 1.165) is 13.0 Å². The molecule has 1 aliphatic heterocycles. The van der Waals surface area contributed by atoms with Gasteiger partial charge in [-0.2, -0.15) is 5.10 Å². The first-order valence-corrected chi connectivity index (χ1v) is 8.03. The number of rotatable bonds is 10. The van der Waals surface area contributed by atoms with E-state index in [-0.39, 0.29) is 0 Å². The molecule has 0 aliphatic carbocycles. The lowest BCUT2D eigenvalue weighted by Gasteiger charge is -2.38. The number of unbranched alkanes of at least 4 members (excludes halogenated alkanes) is 5. The summed E-state index contributed by atoms with van der Waals surface area (Å²) in [5.41, 5.74) is 0.315. The third-order valence-electron chi connectivity index (χ3n) is 4.20. The maximum absolute atomic E-state index is 4.59. The van der Waals surface area contributed by atoms with Crippen molar-refractivity contribution in [1.82, 2.24) is 5.01 Å². The van der Waals surface area contributed by atoms with E-state index >= 15 is 0 Å². The van der Waals surface area contributed by atoms with Crippen LogP contribution in [0.2, 0.25) is 0 Å². The van der Waals surface area contributed by atoms with Crippen molar-refractivity contribution in [2.24, 2.45) is 5.10 Å². The molecule has 18 heavy (non-hydrogen) atoms. The third kappa shape index (κ3) is 4.99. The fourth-order valence-electron chi connectivity index (χ4n) is 2.87. The van der Waals surface area contributed by atoms with Gasteiger partial charge in [-0.15, -0.1) is 0 Å². The van der Waals surface area contributed by atoms with Crippen molar-refractivity contribution in [2.75, 3.05) is 6.54 Å². The van der Waals surface area contributed by atoms with E-state index in [1.54, 1.807) is 0 Å². The van der Waals surface area contributed by atoms with E-state index in [0.29, 0.717) is 5.54 Å². The average molecular weight is 252 g/mol. The number of hydrogen-bond acceptors (Lipinski definition) is 2. The smallest absolute Gasteiger partial charge is 0.0551 e. The lowest BCUT2D eigenvalue weighted by atomic mass is 9.87. The Morgan fingerprint density at radius 3 is 2.17 bits per heavy atom. The van der Waals surface area contributed by atoms with Gasteiger partial charge in [0.1, 0.15) is 0 Å². The average Bonchev–Trinajstić information content (AvgIpc) is 2.89. The molecule has 0 radical (unpaired) electrons. The Balaban J connectivity index is 2.41. The minimum atomic E-state index is 0.315. The van der Waals surface area contributed by atoms with Crippen molar-refractivity contribution in [2.45, 2.75) is 90.5 Å². The third-order valence-corrected chi connectivity index (χ3v) is 4.20. The van der Waals surface area contributed by atoms with Crippen LogP contribution in [-0.2, 0) is 0 Å². The highest BCUT2D eigenvalue weighted by atomic mass is 15.5. The van der Waals surface area contributed by atoms with Crippen LogP contribution in [0.15, 0.2) is 5.10 Å². The van der Waals surface area contributed by atoms with Gasteiger partial charge in [-0.3, -0.25) is 5.01 Å². The molecule has 2 heteroatoms. The van der Waals surface area contributed by atoms with Gasteiger partial charge in [0, 0.05) is 19.2 Å². The summed E-state index contributed by atoms with van der Waals surface area (Å²) in [4.78, 5) is 0. The fourth-order valence-corrected chi connectivity index (χ4v) is 2.87. The number of hydrogen-bond donors (Lipinski definition) is 0. The zero-order valence-electron chi connectivity index (χ0n) is 12.7. The predicted octanol–water partition coefficient (Wildman–Crippen LogP) is 4.99. The molecule has 0 aromatic rings. The second kappa shape index (κ2) is 8.55. The van der Waals surface area contributed by atoms with Crippen molar-refractivity contribution >= 4 is 6.21 Å². The van der Waals surface area contributed by atoms with E-state index in [9.17, 15) is 0 Å². The molecule has 1 heterocycles. The highest BCUT2D eigenvalue weighted by Gasteiger charge is 2.31. The Morgan fingerprint density at radius 2 is 1.61 bits per heavy atom. The van der Waals surface area contributed by atoms with Crippen molar-refractivity contribution in [3.8, 4) is 0 Å². The molecule has 0 N–H and O–H groups in total. The lowest BCUT2D eigenvalue weighted by Crippen LogP contribution is -2.42. The Morgan fingerprint density at radius 1 is 1.00 bits per heavy atom. The van der Waals surface area contributed by atoms with Crippen LogP contribution in [0.4, 0.5) is 0 Å². The van der Waals surface area contributed by atoms with Crippen molar-refractivity contribution < 1.29 is 0 Å². The summed E-state index contributed by atoms with van der Waals surface area (Å²) >= 11 is 0. The molecule has 0 aromatic heterocycles. The predicted molar refractivity (Wildman–Crippen MR) is 81.1 cm³/mol. The molecule has 106 valence electrons. The molecule has 0 saturated heterocycles. The van der Waals surface area contributed by atoms with E-state index in [1.807, 2.05) is 0 Å². The highest BCUT2D eigenvalue weighted by Crippen LogP contribution is 2.30. The van der Waals surface area contributed by atoms with Crippen LogP contribution < -0.4 is 0 Å². The fraction of sp³-hybridized carbons (Fsp3) is 0.938. The van der Waals surface area contributed by atoms with E-state index in [4.69, 9.17) is 0 Å². The minimum absolute atomic E-state index is 0.315.